The van der Waals surface area contributed by atoms with Crippen LogP contribution in [0.4, 0.5) is 5.00 Å². The number of benzene rings is 1. The van der Waals surface area contributed by atoms with Gasteiger partial charge in [-0.2, -0.15) is 0 Å². The Morgan fingerprint density at radius 1 is 1.07 bits per heavy atom. The van der Waals surface area contributed by atoms with E-state index < -0.39 is 0 Å². The Morgan fingerprint density at radius 3 is 2.37 bits per heavy atom. The van der Waals surface area contributed by atoms with E-state index in [2.05, 4.69) is 31.4 Å². The number of thiocarbonyl (C=S) groups is 1. The SMILES string of the molecule is COC(=O)c1c(NC(=S)NC(=O)c2ccc(C(C)(C)C)cc2)sc2c1CCCCC2. The van der Waals surface area contributed by atoms with Crippen molar-refractivity contribution in [2.75, 3.05) is 12.4 Å². The zero-order valence-corrected chi connectivity index (χ0v) is 19.5. The van der Waals surface area contributed by atoms with Crippen LogP contribution in [0.1, 0.15) is 76.8 Å². The lowest BCUT2D eigenvalue weighted by Gasteiger charge is -2.19. The number of fused-ring (bicyclic) bond motifs is 1. The maximum absolute atomic E-state index is 12.6. The van der Waals surface area contributed by atoms with Crippen LogP contribution in [-0.2, 0) is 23.0 Å². The molecule has 1 aromatic heterocycles. The number of hydrogen-bond acceptors (Lipinski definition) is 5. The summed E-state index contributed by atoms with van der Waals surface area (Å²) in [6, 6.07) is 7.51. The number of rotatable bonds is 3. The molecular weight excluding hydrogens is 416 g/mol. The number of thiophene rings is 1. The summed E-state index contributed by atoms with van der Waals surface area (Å²) in [6.45, 7) is 6.38. The summed E-state index contributed by atoms with van der Waals surface area (Å²) in [5.41, 5.74) is 3.31. The molecule has 0 atom stereocenters. The molecule has 0 fully saturated rings. The van der Waals surface area contributed by atoms with Crippen molar-refractivity contribution >= 4 is 45.5 Å². The standard InChI is InChI=1S/C23H28N2O3S2/c1-23(2,3)15-12-10-14(11-13-15)19(26)24-22(29)25-20-18(21(27)28-4)16-8-6-5-7-9-17(16)30-20/h10-13H,5-9H2,1-4H3,(H2,24,25,26,29). The lowest BCUT2D eigenvalue weighted by Crippen LogP contribution is -2.34. The first-order chi connectivity index (χ1) is 14.2. The molecule has 0 radical (unpaired) electrons. The van der Waals surface area contributed by atoms with Gasteiger partial charge in [-0.3, -0.25) is 10.1 Å². The average molecular weight is 445 g/mol. The van der Waals surface area contributed by atoms with Gasteiger partial charge in [0.25, 0.3) is 5.91 Å². The van der Waals surface area contributed by atoms with E-state index >= 15 is 0 Å². The molecule has 1 amide bonds. The van der Waals surface area contributed by atoms with E-state index in [0.717, 1.165) is 43.2 Å². The molecule has 0 spiro atoms. The molecule has 3 rings (SSSR count). The lowest BCUT2D eigenvalue weighted by molar-refractivity contribution is 0.0601. The molecule has 30 heavy (non-hydrogen) atoms. The normalized spacial score (nSPS) is 13.7. The molecule has 0 aliphatic heterocycles. The number of nitrogens with one attached hydrogen (secondary N) is 2. The topological polar surface area (TPSA) is 67.4 Å². The number of aryl methyl sites for hydroxylation is 1. The van der Waals surface area contributed by atoms with Gasteiger partial charge in [0.2, 0.25) is 0 Å². The van der Waals surface area contributed by atoms with Crippen LogP contribution < -0.4 is 10.6 Å². The molecule has 1 aliphatic rings. The molecule has 0 saturated heterocycles. The van der Waals surface area contributed by atoms with Crippen LogP contribution in [-0.4, -0.2) is 24.1 Å². The number of carbonyl (C=O) groups is 2. The second-order valence-electron chi connectivity index (χ2n) is 8.50. The highest BCUT2D eigenvalue weighted by atomic mass is 32.1. The van der Waals surface area contributed by atoms with Crippen molar-refractivity contribution in [2.45, 2.75) is 58.3 Å². The minimum atomic E-state index is -0.371. The molecule has 0 bridgehead atoms. The number of anilines is 1. The summed E-state index contributed by atoms with van der Waals surface area (Å²) in [4.78, 5) is 26.2. The summed E-state index contributed by atoms with van der Waals surface area (Å²) >= 11 is 6.88. The predicted octanol–water partition coefficient (Wildman–Crippen LogP) is 5.23. The van der Waals surface area contributed by atoms with Crippen LogP contribution in [0.3, 0.4) is 0 Å². The Balaban J connectivity index is 1.74. The highest BCUT2D eigenvalue weighted by Crippen LogP contribution is 2.37. The third kappa shape index (κ3) is 5.08. The van der Waals surface area contributed by atoms with E-state index in [-0.39, 0.29) is 22.4 Å². The Morgan fingerprint density at radius 2 is 1.73 bits per heavy atom. The summed E-state index contributed by atoms with van der Waals surface area (Å²) in [5, 5.41) is 6.58. The van der Waals surface area contributed by atoms with Gasteiger partial charge in [0.05, 0.1) is 12.7 Å². The number of amides is 1. The van der Waals surface area contributed by atoms with Gasteiger partial charge in [-0.25, -0.2) is 4.79 Å². The first-order valence-corrected chi connectivity index (χ1v) is 11.4. The van der Waals surface area contributed by atoms with Gasteiger partial charge >= 0.3 is 5.97 Å². The van der Waals surface area contributed by atoms with E-state index in [1.165, 1.54) is 23.3 Å². The Kier molecular flexibility index (Phi) is 6.93. The van der Waals surface area contributed by atoms with E-state index in [1.54, 1.807) is 12.1 Å². The summed E-state index contributed by atoms with van der Waals surface area (Å²) in [5.74, 6) is -0.658. The molecule has 1 aromatic carbocycles. The van der Waals surface area contributed by atoms with Crippen molar-refractivity contribution in [1.82, 2.24) is 5.32 Å². The van der Waals surface area contributed by atoms with Crippen molar-refractivity contribution in [3.05, 3.63) is 51.4 Å². The molecule has 1 aliphatic carbocycles. The van der Waals surface area contributed by atoms with Crippen molar-refractivity contribution in [3.63, 3.8) is 0 Å². The van der Waals surface area contributed by atoms with Crippen LogP contribution in [0, 0.1) is 0 Å². The van der Waals surface area contributed by atoms with Crippen molar-refractivity contribution in [1.29, 1.82) is 0 Å². The van der Waals surface area contributed by atoms with Gasteiger partial charge in [0.15, 0.2) is 5.11 Å². The number of ether oxygens (including phenoxy) is 1. The van der Waals surface area contributed by atoms with Gasteiger partial charge in [0.1, 0.15) is 5.00 Å². The number of hydrogen-bond donors (Lipinski definition) is 2. The van der Waals surface area contributed by atoms with Gasteiger partial charge < -0.3 is 10.1 Å². The summed E-state index contributed by atoms with van der Waals surface area (Å²) in [6.07, 6.45) is 5.13. The van der Waals surface area contributed by atoms with E-state index in [9.17, 15) is 9.59 Å². The lowest BCUT2D eigenvalue weighted by atomic mass is 9.87. The van der Waals surface area contributed by atoms with E-state index in [0.29, 0.717) is 16.1 Å². The minimum absolute atomic E-state index is 0.0211. The Hall–Kier alpha value is -2.25. The maximum Gasteiger partial charge on any atom is 0.341 e. The second kappa shape index (κ2) is 9.27. The molecule has 0 unspecified atom stereocenters. The zero-order valence-electron chi connectivity index (χ0n) is 17.9. The Labute approximate surface area is 187 Å². The third-order valence-electron chi connectivity index (χ3n) is 5.28. The van der Waals surface area contributed by atoms with Crippen molar-refractivity contribution < 1.29 is 14.3 Å². The third-order valence-corrected chi connectivity index (χ3v) is 6.69. The quantitative estimate of drug-likeness (QED) is 0.386. The fraction of sp³-hybridized carbons (Fsp3) is 0.435. The van der Waals surface area contributed by atoms with Gasteiger partial charge in [-0.15, -0.1) is 11.3 Å². The smallest absolute Gasteiger partial charge is 0.341 e. The molecule has 5 nitrogen and oxygen atoms in total. The van der Waals surface area contributed by atoms with Crippen molar-refractivity contribution in [2.24, 2.45) is 0 Å². The highest BCUT2D eigenvalue weighted by molar-refractivity contribution is 7.80. The maximum atomic E-state index is 12.6. The second-order valence-corrected chi connectivity index (χ2v) is 10.0. The number of esters is 1. The molecule has 2 N–H and O–H groups in total. The van der Waals surface area contributed by atoms with Crippen LogP contribution >= 0.6 is 23.6 Å². The summed E-state index contributed by atoms with van der Waals surface area (Å²) in [7, 11) is 1.38. The largest absolute Gasteiger partial charge is 0.465 e. The Bertz CT molecular complexity index is 956. The highest BCUT2D eigenvalue weighted by Gasteiger charge is 2.26. The average Bonchev–Trinajstić information content (AvgIpc) is 2.87. The predicted molar refractivity (Wildman–Crippen MR) is 126 cm³/mol. The van der Waals surface area contributed by atoms with Gasteiger partial charge in [0, 0.05) is 10.4 Å². The van der Waals surface area contributed by atoms with Gasteiger partial charge in [-0.1, -0.05) is 39.3 Å². The fourth-order valence-corrected chi connectivity index (χ4v) is 5.12. The van der Waals surface area contributed by atoms with Crippen LogP contribution in [0.25, 0.3) is 0 Å². The van der Waals surface area contributed by atoms with Crippen LogP contribution in [0.2, 0.25) is 0 Å². The molecule has 7 heteroatoms. The zero-order chi connectivity index (χ0) is 21.9. The minimum Gasteiger partial charge on any atom is -0.465 e. The van der Waals surface area contributed by atoms with Crippen molar-refractivity contribution in [3.8, 4) is 0 Å². The van der Waals surface area contributed by atoms with E-state index in [4.69, 9.17) is 17.0 Å². The summed E-state index contributed by atoms with van der Waals surface area (Å²) < 4.78 is 5.01. The monoisotopic (exact) mass is 444 g/mol. The molecule has 1 heterocycles. The number of carbonyl (C=O) groups excluding carboxylic acids is 2. The van der Waals surface area contributed by atoms with Gasteiger partial charge in [-0.05, 0) is 66.6 Å². The molecule has 2 aromatic rings. The molecular formula is C23H28N2O3S2. The van der Waals surface area contributed by atoms with Crippen LogP contribution in [0.15, 0.2) is 24.3 Å². The van der Waals surface area contributed by atoms with E-state index in [1.807, 2.05) is 12.1 Å². The number of methoxy groups -OCH3 is 1. The molecule has 0 saturated carbocycles. The molecule has 160 valence electrons. The van der Waals surface area contributed by atoms with Crippen LogP contribution in [0.5, 0.6) is 0 Å². The first-order valence-electron chi connectivity index (χ1n) is 10.2. The first kappa shape index (κ1) is 22.4. The fourth-order valence-electron chi connectivity index (χ4n) is 3.58.